The third-order valence-corrected chi connectivity index (χ3v) is 4.60. The van der Waals surface area contributed by atoms with E-state index in [1.165, 1.54) is 12.1 Å². The topological polar surface area (TPSA) is 46.3 Å². The summed E-state index contributed by atoms with van der Waals surface area (Å²) in [6.45, 7) is 1.34. The van der Waals surface area contributed by atoms with Crippen molar-refractivity contribution in [2.75, 3.05) is 13.1 Å². The van der Waals surface area contributed by atoms with Gasteiger partial charge in [0.05, 0.1) is 5.56 Å². The monoisotopic (exact) mass is 282 g/mol. The Hall–Kier alpha value is -1.13. The van der Waals surface area contributed by atoms with Gasteiger partial charge < -0.3 is 10.6 Å². The molecule has 1 amide bonds. The zero-order valence-corrected chi connectivity index (χ0v) is 11.2. The summed E-state index contributed by atoms with van der Waals surface area (Å²) in [5.41, 5.74) is 6.14. The molecular weight excluding hydrogens is 267 g/mol. The first-order valence-corrected chi connectivity index (χ1v) is 6.94. The molecule has 1 aromatic rings. The molecule has 5 heteroatoms. The molecule has 2 aliphatic rings. The smallest absolute Gasteiger partial charge is 0.256 e. The predicted octanol–water partition coefficient (Wildman–Crippen LogP) is 2.29. The lowest BCUT2D eigenvalue weighted by molar-refractivity contribution is 0.0775. The van der Waals surface area contributed by atoms with Gasteiger partial charge in [-0.3, -0.25) is 4.79 Å². The number of amides is 1. The number of carbonyl (C=O) groups is 1. The Kier molecular flexibility index (Phi) is 3.23. The molecule has 19 heavy (non-hydrogen) atoms. The average molecular weight is 283 g/mol. The number of carbonyl (C=O) groups excluding carboxylic acids is 1. The second kappa shape index (κ2) is 4.76. The number of likely N-dealkylation sites (tertiary alicyclic amines) is 1. The first-order chi connectivity index (χ1) is 9.06. The maximum atomic E-state index is 13.8. The molecule has 1 aliphatic carbocycles. The summed E-state index contributed by atoms with van der Waals surface area (Å²) in [6.07, 6.45) is 2.10. The molecule has 2 fully saturated rings. The van der Waals surface area contributed by atoms with Crippen molar-refractivity contribution in [2.24, 2.45) is 17.6 Å². The summed E-state index contributed by atoms with van der Waals surface area (Å²) < 4.78 is 13.8. The van der Waals surface area contributed by atoms with Crippen LogP contribution in [-0.4, -0.2) is 29.9 Å². The lowest BCUT2D eigenvalue weighted by Gasteiger charge is -2.19. The first kappa shape index (κ1) is 12.9. The van der Waals surface area contributed by atoms with E-state index in [2.05, 4.69) is 0 Å². The maximum Gasteiger partial charge on any atom is 0.256 e. The highest BCUT2D eigenvalue weighted by molar-refractivity contribution is 6.30. The van der Waals surface area contributed by atoms with Crippen LogP contribution in [0.25, 0.3) is 0 Å². The number of hydrogen-bond donors (Lipinski definition) is 1. The molecular formula is C14H16ClFN2O. The lowest BCUT2D eigenvalue weighted by atomic mass is 9.98. The van der Waals surface area contributed by atoms with Gasteiger partial charge in [0.1, 0.15) is 5.82 Å². The maximum absolute atomic E-state index is 13.8. The fourth-order valence-corrected chi connectivity index (χ4v) is 3.47. The van der Waals surface area contributed by atoms with Crippen molar-refractivity contribution in [2.45, 2.75) is 18.9 Å². The Bertz CT molecular complexity index is 522. The van der Waals surface area contributed by atoms with Crippen LogP contribution in [0.5, 0.6) is 0 Å². The molecule has 1 saturated carbocycles. The normalized spacial score (nSPS) is 29.6. The highest BCUT2D eigenvalue weighted by Gasteiger charge is 2.42. The minimum atomic E-state index is -0.557. The molecule has 1 aromatic carbocycles. The summed E-state index contributed by atoms with van der Waals surface area (Å²) in [5.74, 6) is 0.0447. The third kappa shape index (κ3) is 2.23. The molecule has 0 aromatic heterocycles. The van der Waals surface area contributed by atoms with Crippen molar-refractivity contribution in [1.82, 2.24) is 4.90 Å². The second-order valence-electron chi connectivity index (χ2n) is 5.50. The second-order valence-corrected chi connectivity index (χ2v) is 5.94. The van der Waals surface area contributed by atoms with Crippen LogP contribution < -0.4 is 5.73 Å². The van der Waals surface area contributed by atoms with Gasteiger partial charge in [-0.15, -0.1) is 0 Å². The van der Waals surface area contributed by atoms with Crippen LogP contribution in [0.1, 0.15) is 23.2 Å². The Morgan fingerprint density at radius 1 is 1.37 bits per heavy atom. The number of halogens is 2. The molecule has 1 aliphatic heterocycles. The fourth-order valence-electron chi connectivity index (χ4n) is 3.31. The van der Waals surface area contributed by atoms with Crippen LogP contribution in [-0.2, 0) is 0 Å². The minimum Gasteiger partial charge on any atom is -0.338 e. The number of nitrogens with two attached hydrogens (primary N) is 1. The standard InChI is InChI=1S/C14H16ClFN2O/c15-9-2-3-10(12(16)5-9)14(19)18-6-8-1-4-13(17)11(8)7-18/h2-3,5,8,11,13H,1,4,6-7,17H2. The van der Waals surface area contributed by atoms with Gasteiger partial charge in [0.25, 0.3) is 5.91 Å². The molecule has 1 saturated heterocycles. The van der Waals surface area contributed by atoms with Crippen molar-refractivity contribution < 1.29 is 9.18 Å². The average Bonchev–Trinajstić information content (AvgIpc) is 2.91. The Labute approximate surface area is 116 Å². The molecule has 0 spiro atoms. The number of hydrogen-bond acceptors (Lipinski definition) is 2. The fraction of sp³-hybridized carbons (Fsp3) is 0.500. The van der Waals surface area contributed by atoms with Gasteiger partial charge in [-0.1, -0.05) is 11.6 Å². The Morgan fingerprint density at radius 3 is 2.84 bits per heavy atom. The molecule has 3 rings (SSSR count). The van der Waals surface area contributed by atoms with Crippen LogP contribution in [0.4, 0.5) is 4.39 Å². The van der Waals surface area contributed by atoms with E-state index in [9.17, 15) is 9.18 Å². The van der Waals surface area contributed by atoms with E-state index in [1.807, 2.05) is 0 Å². The highest BCUT2D eigenvalue weighted by Crippen LogP contribution is 2.37. The van der Waals surface area contributed by atoms with Gasteiger partial charge in [-0.2, -0.15) is 0 Å². The van der Waals surface area contributed by atoms with E-state index in [-0.39, 0.29) is 17.5 Å². The number of benzene rings is 1. The van der Waals surface area contributed by atoms with Crippen LogP contribution in [0.2, 0.25) is 5.02 Å². The van der Waals surface area contributed by atoms with Crippen LogP contribution in [0.3, 0.4) is 0 Å². The zero-order valence-electron chi connectivity index (χ0n) is 10.5. The minimum absolute atomic E-state index is 0.0953. The van der Waals surface area contributed by atoms with Crippen molar-refractivity contribution in [1.29, 1.82) is 0 Å². The zero-order chi connectivity index (χ0) is 13.6. The number of fused-ring (bicyclic) bond motifs is 1. The summed E-state index contributed by atoms with van der Waals surface area (Å²) in [7, 11) is 0. The first-order valence-electron chi connectivity index (χ1n) is 6.56. The summed E-state index contributed by atoms with van der Waals surface area (Å²) in [4.78, 5) is 14.0. The quantitative estimate of drug-likeness (QED) is 0.859. The molecule has 1 heterocycles. The van der Waals surface area contributed by atoms with E-state index in [0.29, 0.717) is 29.9 Å². The van der Waals surface area contributed by atoms with E-state index >= 15 is 0 Å². The largest absolute Gasteiger partial charge is 0.338 e. The van der Waals surface area contributed by atoms with Crippen molar-refractivity contribution in [3.63, 3.8) is 0 Å². The molecule has 2 N–H and O–H groups in total. The van der Waals surface area contributed by atoms with Crippen molar-refractivity contribution >= 4 is 17.5 Å². The van der Waals surface area contributed by atoms with Crippen molar-refractivity contribution in [3.05, 3.63) is 34.6 Å². The third-order valence-electron chi connectivity index (χ3n) is 4.36. The van der Waals surface area contributed by atoms with E-state index in [4.69, 9.17) is 17.3 Å². The van der Waals surface area contributed by atoms with E-state index in [0.717, 1.165) is 12.8 Å². The molecule has 0 radical (unpaired) electrons. The highest BCUT2D eigenvalue weighted by atomic mass is 35.5. The van der Waals surface area contributed by atoms with Crippen LogP contribution in [0.15, 0.2) is 18.2 Å². The Balaban J connectivity index is 1.78. The van der Waals surface area contributed by atoms with Crippen molar-refractivity contribution in [3.8, 4) is 0 Å². The molecule has 3 nitrogen and oxygen atoms in total. The van der Waals surface area contributed by atoms with E-state index in [1.54, 1.807) is 11.0 Å². The van der Waals surface area contributed by atoms with Gasteiger partial charge in [0, 0.05) is 24.2 Å². The number of nitrogens with zero attached hydrogens (tertiary/aromatic N) is 1. The SMILES string of the molecule is NC1CCC2CN(C(=O)c3ccc(Cl)cc3F)CC12. The summed E-state index contributed by atoms with van der Waals surface area (Å²) >= 11 is 5.70. The summed E-state index contributed by atoms with van der Waals surface area (Å²) in [6, 6.07) is 4.35. The predicted molar refractivity (Wildman–Crippen MR) is 71.5 cm³/mol. The van der Waals surface area contributed by atoms with Gasteiger partial charge in [0.2, 0.25) is 0 Å². The molecule has 0 bridgehead atoms. The van der Waals surface area contributed by atoms with Gasteiger partial charge in [-0.25, -0.2) is 4.39 Å². The van der Waals surface area contributed by atoms with Crippen LogP contribution in [0, 0.1) is 17.7 Å². The number of rotatable bonds is 1. The van der Waals surface area contributed by atoms with Gasteiger partial charge in [0.15, 0.2) is 0 Å². The lowest BCUT2D eigenvalue weighted by Crippen LogP contribution is -2.33. The molecule has 3 unspecified atom stereocenters. The van der Waals surface area contributed by atoms with Gasteiger partial charge in [-0.05, 0) is 42.9 Å². The van der Waals surface area contributed by atoms with Gasteiger partial charge >= 0.3 is 0 Å². The van der Waals surface area contributed by atoms with E-state index < -0.39 is 5.82 Å². The van der Waals surface area contributed by atoms with Crippen LogP contribution >= 0.6 is 11.6 Å². The Morgan fingerprint density at radius 2 is 2.16 bits per heavy atom. The molecule has 102 valence electrons. The summed E-state index contributed by atoms with van der Waals surface area (Å²) in [5, 5.41) is 0.300. The molecule has 3 atom stereocenters.